The van der Waals surface area contributed by atoms with Crippen LogP contribution in [0.5, 0.6) is 0 Å². The minimum absolute atomic E-state index is 0.379. The summed E-state index contributed by atoms with van der Waals surface area (Å²) in [6.45, 7) is 10.3. The van der Waals surface area contributed by atoms with Crippen molar-refractivity contribution in [2.75, 3.05) is 13.1 Å². The first-order valence-corrected chi connectivity index (χ1v) is 8.18. The Morgan fingerprint density at radius 1 is 1.21 bits per heavy atom. The van der Waals surface area contributed by atoms with Crippen molar-refractivity contribution in [2.24, 2.45) is 5.73 Å². The van der Waals surface area contributed by atoms with Crippen molar-refractivity contribution in [1.82, 2.24) is 10.3 Å². The molecule has 3 N–H and O–H groups in total. The number of aromatic nitrogens is 1. The van der Waals surface area contributed by atoms with Crippen molar-refractivity contribution in [3.63, 3.8) is 0 Å². The maximum atomic E-state index is 11.9. The lowest BCUT2D eigenvalue weighted by Gasteiger charge is -2.30. The molecule has 0 fully saturated rings. The Kier molecular flexibility index (Phi) is 5.13. The number of nitrogens with two attached hydrogens (primary N) is 1. The third kappa shape index (κ3) is 4.45. The average Bonchev–Trinajstić information content (AvgIpc) is 2.50. The van der Waals surface area contributed by atoms with Gasteiger partial charge in [0.25, 0.3) is 0 Å². The molecular formula is C19H27N3O2. The van der Waals surface area contributed by atoms with Gasteiger partial charge in [-0.05, 0) is 51.5 Å². The van der Waals surface area contributed by atoms with Crippen LogP contribution in [0, 0.1) is 6.92 Å². The number of hydrogen-bond acceptors (Lipinski definition) is 4. The number of fused-ring (bicyclic) bond motifs is 1. The molecule has 130 valence electrons. The normalized spacial score (nSPS) is 14.2. The summed E-state index contributed by atoms with van der Waals surface area (Å²) in [7, 11) is 0. The number of ether oxygens (including phenoxy) is 1. The van der Waals surface area contributed by atoms with Gasteiger partial charge in [0.05, 0.1) is 5.52 Å². The van der Waals surface area contributed by atoms with Crippen LogP contribution < -0.4 is 11.1 Å². The molecule has 0 radical (unpaired) electrons. The topological polar surface area (TPSA) is 77.2 Å². The Morgan fingerprint density at radius 3 is 2.54 bits per heavy atom. The molecule has 0 saturated carbocycles. The molecule has 1 atom stereocenters. The molecule has 0 aliphatic rings. The Labute approximate surface area is 143 Å². The van der Waals surface area contributed by atoms with E-state index in [9.17, 15) is 4.79 Å². The van der Waals surface area contributed by atoms with Crippen molar-refractivity contribution in [1.29, 1.82) is 0 Å². The van der Waals surface area contributed by atoms with E-state index in [1.807, 2.05) is 52.8 Å². The minimum Gasteiger partial charge on any atom is -0.444 e. The lowest BCUT2D eigenvalue weighted by Crippen LogP contribution is -2.45. The zero-order valence-corrected chi connectivity index (χ0v) is 15.1. The van der Waals surface area contributed by atoms with E-state index in [-0.39, 0.29) is 5.41 Å². The van der Waals surface area contributed by atoms with Gasteiger partial charge >= 0.3 is 6.09 Å². The van der Waals surface area contributed by atoms with E-state index in [0.29, 0.717) is 13.1 Å². The number of pyridine rings is 1. The number of alkyl carbamates (subject to hydrolysis) is 1. The lowest BCUT2D eigenvalue weighted by atomic mass is 9.82. The van der Waals surface area contributed by atoms with Crippen LogP contribution in [0.3, 0.4) is 0 Å². The van der Waals surface area contributed by atoms with E-state index >= 15 is 0 Å². The molecule has 0 aliphatic carbocycles. The third-order valence-corrected chi connectivity index (χ3v) is 4.00. The van der Waals surface area contributed by atoms with Gasteiger partial charge in [-0.2, -0.15) is 0 Å². The highest BCUT2D eigenvalue weighted by molar-refractivity contribution is 5.79. The minimum atomic E-state index is -0.518. The summed E-state index contributed by atoms with van der Waals surface area (Å²) in [5.74, 6) is 0. The molecule has 0 aliphatic heterocycles. The van der Waals surface area contributed by atoms with Gasteiger partial charge in [0.15, 0.2) is 0 Å². The molecule has 1 aromatic heterocycles. The van der Waals surface area contributed by atoms with Gasteiger partial charge in [-0.3, -0.25) is 4.98 Å². The molecular weight excluding hydrogens is 302 g/mol. The fraction of sp³-hybridized carbons (Fsp3) is 0.474. The molecule has 2 rings (SSSR count). The zero-order valence-electron chi connectivity index (χ0n) is 15.1. The summed E-state index contributed by atoms with van der Waals surface area (Å²) in [6, 6.07) is 10.2. The molecule has 5 heteroatoms. The molecule has 1 heterocycles. The Hall–Kier alpha value is -2.14. The van der Waals surface area contributed by atoms with Crippen LogP contribution in [0.1, 0.15) is 39.0 Å². The molecule has 0 saturated heterocycles. The van der Waals surface area contributed by atoms with Crippen LogP contribution in [0.4, 0.5) is 4.79 Å². The van der Waals surface area contributed by atoms with Gasteiger partial charge in [-0.25, -0.2) is 4.79 Å². The average molecular weight is 329 g/mol. The van der Waals surface area contributed by atoms with Crippen LogP contribution in [0.15, 0.2) is 30.3 Å². The Balaban J connectivity index is 2.19. The number of benzene rings is 1. The van der Waals surface area contributed by atoms with Crippen molar-refractivity contribution in [2.45, 2.75) is 45.6 Å². The number of rotatable bonds is 4. The number of carbonyl (C=O) groups is 1. The summed E-state index contributed by atoms with van der Waals surface area (Å²) in [5.41, 5.74) is 8.13. The van der Waals surface area contributed by atoms with Gasteiger partial charge in [-0.15, -0.1) is 0 Å². The van der Waals surface area contributed by atoms with Gasteiger partial charge in [0, 0.05) is 29.6 Å². The highest BCUT2D eigenvalue weighted by Crippen LogP contribution is 2.25. The Morgan fingerprint density at radius 2 is 1.92 bits per heavy atom. The van der Waals surface area contributed by atoms with Crippen LogP contribution in [0.2, 0.25) is 0 Å². The van der Waals surface area contributed by atoms with Crippen LogP contribution in [0.25, 0.3) is 10.9 Å². The fourth-order valence-corrected chi connectivity index (χ4v) is 2.48. The maximum absolute atomic E-state index is 11.9. The van der Waals surface area contributed by atoms with Crippen molar-refractivity contribution in [3.05, 3.63) is 41.6 Å². The largest absolute Gasteiger partial charge is 0.444 e. The fourth-order valence-electron chi connectivity index (χ4n) is 2.48. The highest BCUT2D eigenvalue weighted by atomic mass is 16.6. The number of nitrogens with one attached hydrogen (secondary N) is 1. The van der Waals surface area contributed by atoms with Crippen molar-refractivity contribution in [3.8, 4) is 0 Å². The maximum Gasteiger partial charge on any atom is 0.407 e. The van der Waals surface area contributed by atoms with Crippen molar-refractivity contribution < 1.29 is 9.53 Å². The molecule has 5 nitrogen and oxygen atoms in total. The second-order valence-electron chi connectivity index (χ2n) is 7.48. The highest BCUT2D eigenvalue weighted by Gasteiger charge is 2.27. The second-order valence-corrected chi connectivity index (χ2v) is 7.48. The number of nitrogens with zero attached hydrogens (tertiary/aromatic N) is 1. The molecule has 0 spiro atoms. The summed E-state index contributed by atoms with van der Waals surface area (Å²) in [6.07, 6.45) is -0.430. The molecule has 2 aromatic rings. The van der Waals surface area contributed by atoms with Gasteiger partial charge in [-0.1, -0.05) is 19.1 Å². The van der Waals surface area contributed by atoms with E-state index in [1.54, 1.807) is 0 Å². The van der Waals surface area contributed by atoms with Gasteiger partial charge < -0.3 is 15.8 Å². The van der Waals surface area contributed by atoms with Crippen LogP contribution in [-0.2, 0) is 10.2 Å². The second kappa shape index (κ2) is 6.77. The Bertz CT molecular complexity index is 737. The van der Waals surface area contributed by atoms with E-state index in [4.69, 9.17) is 10.5 Å². The van der Waals surface area contributed by atoms with E-state index in [0.717, 1.165) is 22.2 Å². The molecule has 24 heavy (non-hydrogen) atoms. The predicted octanol–water partition coefficient (Wildman–Crippen LogP) is 3.28. The molecule has 0 bridgehead atoms. The van der Waals surface area contributed by atoms with E-state index < -0.39 is 11.7 Å². The smallest absolute Gasteiger partial charge is 0.407 e. The first-order valence-electron chi connectivity index (χ1n) is 8.18. The van der Waals surface area contributed by atoms with Gasteiger partial charge in [0.2, 0.25) is 0 Å². The standard InChI is InChI=1S/C19H27N3O2/c1-13-6-7-14-10-15(8-9-16(14)22-13)19(5,11-20)12-21-17(23)24-18(2,3)4/h6-10H,11-12,20H2,1-5H3,(H,21,23). The first kappa shape index (κ1) is 18.2. The van der Waals surface area contributed by atoms with E-state index in [1.165, 1.54) is 0 Å². The number of aryl methyl sites for hydroxylation is 1. The molecule has 1 unspecified atom stereocenters. The number of amides is 1. The summed E-state index contributed by atoms with van der Waals surface area (Å²) < 4.78 is 5.30. The third-order valence-electron chi connectivity index (χ3n) is 4.00. The van der Waals surface area contributed by atoms with Crippen LogP contribution >= 0.6 is 0 Å². The summed E-state index contributed by atoms with van der Waals surface area (Å²) in [4.78, 5) is 16.4. The number of hydrogen-bond donors (Lipinski definition) is 2. The van der Waals surface area contributed by atoms with Crippen molar-refractivity contribution >= 4 is 17.0 Å². The monoisotopic (exact) mass is 329 g/mol. The number of carbonyl (C=O) groups excluding carboxylic acids is 1. The predicted molar refractivity (Wildman–Crippen MR) is 97.1 cm³/mol. The zero-order chi connectivity index (χ0) is 18.0. The quantitative estimate of drug-likeness (QED) is 0.902. The van der Waals surface area contributed by atoms with E-state index in [2.05, 4.69) is 22.4 Å². The first-order chi connectivity index (χ1) is 11.1. The SMILES string of the molecule is Cc1ccc2cc(C(C)(CN)CNC(=O)OC(C)(C)C)ccc2n1. The van der Waals surface area contributed by atoms with Gasteiger partial charge in [0.1, 0.15) is 5.60 Å². The summed E-state index contributed by atoms with van der Waals surface area (Å²) >= 11 is 0. The molecule has 1 amide bonds. The summed E-state index contributed by atoms with van der Waals surface area (Å²) in [5, 5.41) is 3.89. The van der Waals surface area contributed by atoms with Crippen LogP contribution in [-0.4, -0.2) is 29.8 Å². The molecule has 1 aromatic carbocycles. The lowest BCUT2D eigenvalue weighted by molar-refractivity contribution is 0.0516.